The van der Waals surface area contributed by atoms with Crippen LogP contribution in [0.2, 0.25) is 0 Å². The molecule has 2 aromatic heterocycles. The summed E-state index contributed by atoms with van der Waals surface area (Å²) in [5, 5.41) is 4.14. The molecule has 0 saturated heterocycles. The van der Waals surface area contributed by atoms with Crippen LogP contribution < -0.4 is 3.47 Å². The second-order valence-corrected chi connectivity index (χ2v) is 8.03. The van der Waals surface area contributed by atoms with Gasteiger partial charge in [-0.1, -0.05) is 6.07 Å². The fourth-order valence-electron chi connectivity index (χ4n) is 0.571. The first-order valence-electron chi connectivity index (χ1n) is 3.33. The van der Waals surface area contributed by atoms with E-state index < -0.39 is 0 Å². The number of hydrogen-bond acceptors (Lipinski definition) is 2. The Kier molecular flexibility index (Phi) is 8.63. The minimum absolute atomic E-state index is 0. The van der Waals surface area contributed by atoms with Gasteiger partial charge in [-0.2, -0.15) is 0 Å². The van der Waals surface area contributed by atoms with Gasteiger partial charge >= 0.3 is 50.6 Å². The third-order valence-electron chi connectivity index (χ3n) is 1.07. The number of thiophene rings is 2. The Morgan fingerprint density at radius 2 is 1.69 bits per heavy atom. The van der Waals surface area contributed by atoms with E-state index in [0.717, 1.165) is 0 Å². The first-order chi connectivity index (χ1) is 5.79. The van der Waals surface area contributed by atoms with Gasteiger partial charge in [0.15, 0.2) is 0 Å². The van der Waals surface area contributed by atoms with E-state index in [9.17, 15) is 0 Å². The molecule has 0 fully saturated rings. The normalized spacial score (nSPS) is 8.23. The Hall–Kier alpha value is 0.793. The van der Waals surface area contributed by atoms with Crippen molar-refractivity contribution >= 4 is 54.5 Å². The van der Waals surface area contributed by atoms with Crippen molar-refractivity contribution in [1.29, 1.82) is 0 Å². The zero-order valence-electron chi connectivity index (χ0n) is 6.77. The van der Waals surface area contributed by atoms with Crippen molar-refractivity contribution in [2.45, 2.75) is 0 Å². The van der Waals surface area contributed by atoms with Crippen LogP contribution in [-0.2, 0) is 18.3 Å². The van der Waals surface area contributed by atoms with Crippen molar-refractivity contribution in [3.8, 4) is 0 Å². The second kappa shape index (κ2) is 8.13. The molecule has 13 heavy (non-hydrogen) atoms. The van der Waals surface area contributed by atoms with Gasteiger partial charge in [0.05, 0.1) is 3.79 Å². The molecule has 0 aromatic carbocycles. The van der Waals surface area contributed by atoms with E-state index in [1.807, 2.05) is 28.8 Å². The third kappa shape index (κ3) is 6.81. The summed E-state index contributed by atoms with van der Waals surface area (Å²) in [6.07, 6.45) is 0. The van der Waals surface area contributed by atoms with Crippen molar-refractivity contribution in [1.82, 2.24) is 0 Å². The molecular weight excluding hydrogens is 341 g/mol. The molecule has 0 bridgehead atoms. The molecule has 2 rings (SSSR count). The van der Waals surface area contributed by atoms with Gasteiger partial charge in [-0.05, 0) is 27.4 Å². The number of rotatable bonds is 0. The van der Waals surface area contributed by atoms with Crippen LogP contribution in [0.5, 0.6) is 0 Å². The van der Waals surface area contributed by atoms with Crippen molar-refractivity contribution in [3.63, 3.8) is 0 Å². The van der Waals surface area contributed by atoms with Crippen LogP contribution in [0.3, 0.4) is 0 Å². The van der Waals surface area contributed by atoms with Gasteiger partial charge < -0.3 is 0 Å². The van der Waals surface area contributed by atoms with E-state index in [1.54, 1.807) is 11.3 Å². The third-order valence-corrected chi connectivity index (χ3v) is 4.82. The number of hydrogen-bond donors (Lipinski definition) is 0. The van der Waals surface area contributed by atoms with Crippen molar-refractivity contribution in [2.75, 3.05) is 0 Å². The van der Waals surface area contributed by atoms with Crippen LogP contribution in [0.15, 0.2) is 38.8 Å². The van der Waals surface area contributed by atoms with E-state index in [4.69, 9.17) is 0 Å². The molecule has 0 unspecified atom stereocenters. The second-order valence-electron chi connectivity index (χ2n) is 2.00. The van der Waals surface area contributed by atoms with Crippen molar-refractivity contribution in [2.24, 2.45) is 0 Å². The van der Waals surface area contributed by atoms with Crippen LogP contribution in [0.4, 0.5) is 0 Å². The Bertz CT molecular complexity index is 262. The summed E-state index contributed by atoms with van der Waals surface area (Å²) >= 11 is 8.13. The molecule has 0 saturated carbocycles. The van der Waals surface area contributed by atoms with E-state index in [1.165, 1.54) is 25.6 Å². The van der Waals surface area contributed by atoms with Gasteiger partial charge in [0.25, 0.3) is 0 Å². The van der Waals surface area contributed by atoms with E-state index in [-0.39, 0.29) is 12.4 Å². The summed E-state index contributed by atoms with van der Waals surface area (Å²) in [4.78, 5) is 0. The van der Waals surface area contributed by atoms with Crippen LogP contribution >= 0.6 is 51.0 Å². The van der Waals surface area contributed by atoms with Crippen LogP contribution in [-0.4, -0.2) is 0 Å². The van der Waals surface area contributed by atoms with Gasteiger partial charge in [-0.15, -0.1) is 23.7 Å². The zero-order chi connectivity index (χ0) is 8.81. The fraction of sp³-hybridized carbons (Fsp3) is 0. The monoisotopic (exact) mass is 345 g/mol. The average Bonchev–Trinajstić information content (AvgIpc) is 2.63. The maximum atomic E-state index is 3.30. The molecule has 5 heteroatoms. The molecule has 67 valence electrons. The van der Waals surface area contributed by atoms with E-state index in [2.05, 4.69) is 33.4 Å². The Morgan fingerprint density at radius 3 is 1.85 bits per heavy atom. The Labute approximate surface area is 111 Å². The predicted octanol–water partition coefficient (Wildman–Crippen LogP) is 3.85. The minimum atomic E-state index is 0. The molecule has 0 amide bonds. The predicted molar refractivity (Wildman–Crippen MR) is 63.2 cm³/mol. The first-order valence-corrected chi connectivity index (χ1v) is 7.37. The Morgan fingerprint density at radius 1 is 1.08 bits per heavy atom. The molecule has 0 atom stereocenters. The molecule has 0 aliphatic rings. The summed E-state index contributed by atoms with van der Waals surface area (Å²) < 4.78 is 2.71. The fourth-order valence-corrected chi connectivity index (χ4v) is 2.87. The van der Waals surface area contributed by atoms with Gasteiger partial charge in [-0.3, -0.25) is 0 Å². The van der Waals surface area contributed by atoms with E-state index in [0.29, 0.717) is 0 Å². The molecule has 0 aliphatic heterocycles. The average molecular weight is 348 g/mol. The summed E-state index contributed by atoms with van der Waals surface area (Å²) in [6.45, 7) is 0. The van der Waals surface area contributed by atoms with Crippen molar-refractivity contribution < 1.29 is 18.3 Å². The summed E-state index contributed by atoms with van der Waals surface area (Å²) in [5.41, 5.74) is 0. The molecule has 2 heterocycles. The van der Waals surface area contributed by atoms with Crippen molar-refractivity contribution in [3.05, 3.63) is 38.8 Å². The molecule has 0 nitrogen and oxygen atoms in total. The van der Waals surface area contributed by atoms with Gasteiger partial charge in [0, 0.05) is 0 Å². The topological polar surface area (TPSA) is 0 Å². The first kappa shape index (κ1) is 13.8. The molecule has 0 radical (unpaired) electrons. The van der Waals surface area contributed by atoms with Crippen LogP contribution in [0.1, 0.15) is 0 Å². The maximum absolute atomic E-state index is 3.30. The summed E-state index contributed by atoms with van der Waals surface area (Å²) in [6, 6.07) is 8.27. The standard InChI is InChI=1S/C4H3BrS.C4H3S.ClH.Zn/c5-4-2-1-3-6-4;1-2-4-5-3-1;;/h1-3H;1-3H;1H;. The molecule has 0 aliphatic carbocycles. The van der Waals surface area contributed by atoms with Crippen LogP contribution in [0, 0.1) is 0 Å². The molecule has 2 aromatic rings. The molecule has 0 N–H and O–H groups in total. The quantitative estimate of drug-likeness (QED) is 0.635. The SMILES string of the molecule is Brc1cccs1.Cl.[Zn][c]1cccs1. The van der Waals surface area contributed by atoms with Gasteiger partial charge in [0.2, 0.25) is 0 Å². The van der Waals surface area contributed by atoms with Crippen LogP contribution in [0.25, 0.3) is 0 Å². The van der Waals surface area contributed by atoms with Gasteiger partial charge in [-0.25, -0.2) is 0 Å². The molecule has 0 spiro atoms. The number of halogens is 2. The summed E-state index contributed by atoms with van der Waals surface area (Å²) in [7, 11) is 0. The van der Waals surface area contributed by atoms with E-state index >= 15 is 0 Å². The Balaban J connectivity index is 0.000000206. The summed E-state index contributed by atoms with van der Waals surface area (Å²) in [5.74, 6) is 0. The zero-order valence-corrected chi connectivity index (χ0v) is 13.8. The molecular formula is C8H7BrClS2Zn. The van der Waals surface area contributed by atoms with Gasteiger partial charge in [0.1, 0.15) is 0 Å².